The van der Waals surface area contributed by atoms with E-state index in [-0.39, 0.29) is 0 Å². The quantitative estimate of drug-likeness (QED) is 0.408. The van der Waals surface area contributed by atoms with Crippen molar-refractivity contribution in [1.29, 1.82) is 0 Å². The Morgan fingerprint density at radius 1 is 1.40 bits per heavy atom. The molecule has 0 radical (unpaired) electrons. The van der Waals surface area contributed by atoms with E-state index in [1.807, 2.05) is 0 Å². The summed E-state index contributed by atoms with van der Waals surface area (Å²) in [7, 11) is -1.77. The third kappa shape index (κ3) is 1.59. The molecule has 1 saturated heterocycles. The highest BCUT2D eigenvalue weighted by atomic mass is 32.2. The molecule has 0 spiro atoms. The minimum atomic E-state index is -2.36. The van der Waals surface area contributed by atoms with Crippen molar-refractivity contribution in [3.05, 3.63) is 0 Å². The Morgan fingerprint density at radius 3 is 2.40 bits per heavy atom. The first-order chi connectivity index (χ1) is 4.65. The number of hydrogen-bond donors (Lipinski definition) is 1. The molecule has 60 valence electrons. The Kier molecular flexibility index (Phi) is 2.48. The van der Waals surface area contributed by atoms with E-state index in [1.54, 1.807) is 0 Å². The van der Waals surface area contributed by atoms with Crippen LogP contribution in [0, 0.1) is 0 Å². The molecule has 0 aliphatic carbocycles. The zero-order chi connectivity index (χ0) is 7.61. The lowest BCUT2D eigenvalue weighted by molar-refractivity contribution is 0.0395. The fraction of sp³-hybridized carbons (Fsp3) is 1.00. The second kappa shape index (κ2) is 3.02. The molecule has 0 aromatic rings. The lowest BCUT2D eigenvalue weighted by atomic mass is 10.2. The maximum absolute atomic E-state index is 10.6. The highest BCUT2D eigenvalue weighted by Crippen LogP contribution is 2.21. The van der Waals surface area contributed by atoms with Crippen LogP contribution < -0.4 is 0 Å². The van der Waals surface area contributed by atoms with Crippen LogP contribution >= 0.6 is 0 Å². The van der Waals surface area contributed by atoms with Gasteiger partial charge in [-0.05, 0) is 19.3 Å². The molecule has 10 heavy (non-hydrogen) atoms. The van der Waals surface area contributed by atoms with Crippen LogP contribution in [0.5, 0.6) is 0 Å². The van der Waals surface area contributed by atoms with E-state index >= 15 is 0 Å². The predicted molar refractivity (Wildman–Crippen MR) is 42.8 cm³/mol. The van der Waals surface area contributed by atoms with E-state index in [0.717, 1.165) is 12.8 Å². The summed E-state index contributed by atoms with van der Waals surface area (Å²) < 4.78 is 25.7. The number of ether oxygens (including phenoxy) is 1. The first-order valence-electron chi connectivity index (χ1n) is 3.44. The van der Waals surface area contributed by atoms with Crippen molar-refractivity contribution >= 4 is 20.9 Å². The van der Waals surface area contributed by atoms with Gasteiger partial charge in [-0.1, -0.05) is 0 Å². The van der Waals surface area contributed by atoms with Crippen LogP contribution in [0.1, 0.15) is 19.3 Å². The van der Waals surface area contributed by atoms with Gasteiger partial charge in [0.2, 0.25) is 0 Å². The minimum absolute atomic E-state index is 0.596. The Labute approximate surface area is 65.1 Å². The molecule has 5 heteroatoms. The van der Waals surface area contributed by atoms with E-state index in [2.05, 4.69) is 0 Å². The third-order valence-electron chi connectivity index (χ3n) is 1.83. The molecule has 1 heterocycles. The van der Waals surface area contributed by atoms with Crippen molar-refractivity contribution in [2.45, 2.75) is 23.8 Å². The summed E-state index contributed by atoms with van der Waals surface area (Å²) in [6.07, 6.45) is 2.71. The van der Waals surface area contributed by atoms with Gasteiger partial charge >= 0.3 is 0 Å². The molecule has 0 saturated carbocycles. The fourth-order valence-electron chi connectivity index (χ4n) is 1.06. The van der Waals surface area contributed by atoms with Crippen LogP contribution in [0.4, 0.5) is 0 Å². The van der Waals surface area contributed by atoms with Gasteiger partial charge in [-0.25, -0.2) is 8.42 Å². The number of thiol groups is 1. The summed E-state index contributed by atoms with van der Waals surface area (Å²) in [6.45, 7) is 0.618. The SMILES string of the molecule is O=[SH](=O)C1([SiH3])CCCCO1. The van der Waals surface area contributed by atoms with Gasteiger partial charge in [-0.2, -0.15) is 0 Å². The van der Waals surface area contributed by atoms with Crippen molar-refractivity contribution in [3.63, 3.8) is 0 Å². The predicted octanol–water partition coefficient (Wildman–Crippen LogP) is -1.18. The van der Waals surface area contributed by atoms with E-state index in [9.17, 15) is 8.42 Å². The topological polar surface area (TPSA) is 43.4 Å². The first-order valence-corrected chi connectivity index (χ1v) is 5.61. The molecule has 3 nitrogen and oxygen atoms in total. The Morgan fingerprint density at radius 2 is 2.10 bits per heavy atom. The largest absolute Gasteiger partial charge is 0.364 e. The van der Waals surface area contributed by atoms with Gasteiger partial charge in [-0.3, -0.25) is 0 Å². The maximum Gasteiger partial charge on any atom is 0.165 e. The summed E-state index contributed by atoms with van der Waals surface area (Å²) in [6, 6.07) is 0. The summed E-state index contributed by atoms with van der Waals surface area (Å²) in [5, 5.41) is 0. The number of hydrogen-bond acceptors (Lipinski definition) is 3. The normalized spacial score (nSPS) is 34.9. The molecule has 0 bridgehead atoms. The highest BCUT2D eigenvalue weighted by Gasteiger charge is 2.30. The molecule has 1 aliphatic heterocycles. The lowest BCUT2D eigenvalue weighted by Gasteiger charge is -2.28. The molecule has 1 unspecified atom stereocenters. The summed E-state index contributed by atoms with van der Waals surface area (Å²) in [5.41, 5.74) is 0. The molecule has 1 aliphatic rings. The second-order valence-electron chi connectivity index (χ2n) is 2.74. The Hall–Kier alpha value is 0.127. The average molecular weight is 180 g/mol. The van der Waals surface area contributed by atoms with Crippen LogP contribution in [0.2, 0.25) is 0 Å². The summed E-state index contributed by atoms with van der Waals surface area (Å²) >= 11 is 0. The molecular weight excluding hydrogens is 168 g/mol. The standard InChI is InChI=1S/C5H12O3SSi/c6-9(7)5(10)3-1-2-4-8-5/h9H,1-4H2,10H3. The third-order valence-corrected chi connectivity index (χ3v) is 4.84. The number of rotatable bonds is 1. The molecular formula is C5H12O3SSi. The zero-order valence-electron chi connectivity index (χ0n) is 6.00. The van der Waals surface area contributed by atoms with Gasteiger partial charge < -0.3 is 4.74 Å². The van der Waals surface area contributed by atoms with Gasteiger partial charge in [0.15, 0.2) is 10.7 Å². The van der Waals surface area contributed by atoms with Crippen molar-refractivity contribution in [2.75, 3.05) is 6.61 Å². The Bertz CT molecular complexity index is 175. The van der Waals surface area contributed by atoms with Crippen molar-refractivity contribution in [2.24, 2.45) is 0 Å². The molecule has 0 aromatic carbocycles. The second-order valence-corrected chi connectivity index (χ2v) is 6.65. The van der Waals surface area contributed by atoms with Crippen molar-refractivity contribution in [3.8, 4) is 0 Å². The van der Waals surface area contributed by atoms with Crippen molar-refractivity contribution < 1.29 is 13.2 Å². The molecule has 1 atom stereocenters. The summed E-state index contributed by atoms with van der Waals surface area (Å²) in [5.74, 6) is 0. The van der Waals surface area contributed by atoms with Gasteiger partial charge in [0.25, 0.3) is 0 Å². The van der Waals surface area contributed by atoms with Crippen LogP contribution in [0.25, 0.3) is 0 Å². The van der Waals surface area contributed by atoms with Crippen LogP contribution in [0.3, 0.4) is 0 Å². The van der Waals surface area contributed by atoms with Gasteiger partial charge in [0, 0.05) is 6.61 Å². The van der Waals surface area contributed by atoms with Crippen LogP contribution in [-0.4, -0.2) is 29.8 Å². The van der Waals surface area contributed by atoms with E-state index in [1.165, 1.54) is 0 Å². The molecule has 0 aromatic heterocycles. The van der Waals surface area contributed by atoms with Gasteiger partial charge in [0.05, 0.1) is 10.2 Å². The van der Waals surface area contributed by atoms with E-state index in [4.69, 9.17) is 4.74 Å². The molecule has 1 rings (SSSR count). The zero-order valence-corrected chi connectivity index (χ0v) is 8.89. The Balaban J connectivity index is 2.65. The maximum atomic E-state index is 10.6. The smallest absolute Gasteiger partial charge is 0.165 e. The van der Waals surface area contributed by atoms with Crippen LogP contribution in [0.15, 0.2) is 0 Å². The molecule has 0 amide bonds. The van der Waals surface area contributed by atoms with Crippen LogP contribution in [-0.2, 0) is 15.4 Å². The van der Waals surface area contributed by atoms with E-state index < -0.39 is 15.3 Å². The van der Waals surface area contributed by atoms with Gasteiger partial charge in [0.1, 0.15) is 4.56 Å². The fourth-order valence-corrected chi connectivity index (χ4v) is 2.16. The highest BCUT2D eigenvalue weighted by molar-refractivity contribution is 7.75. The summed E-state index contributed by atoms with van der Waals surface area (Å²) in [4.78, 5) is 0. The van der Waals surface area contributed by atoms with Gasteiger partial charge in [-0.15, -0.1) is 0 Å². The molecule has 0 N–H and O–H groups in total. The monoisotopic (exact) mass is 180 g/mol. The van der Waals surface area contributed by atoms with E-state index in [0.29, 0.717) is 23.3 Å². The average Bonchev–Trinajstić information content (AvgIpc) is 1.89. The van der Waals surface area contributed by atoms with Crippen molar-refractivity contribution in [1.82, 2.24) is 0 Å². The lowest BCUT2D eigenvalue weighted by Crippen LogP contribution is -2.38. The molecule has 1 fully saturated rings. The first kappa shape index (κ1) is 8.23. The minimum Gasteiger partial charge on any atom is -0.364 e.